The summed E-state index contributed by atoms with van der Waals surface area (Å²) in [5, 5.41) is 2.24. The molecule has 1 saturated carbocycles. The predicted octanol–water partition coefficient (Wildman–Crippen LogP) is 2.99. The van der Waals surface area contributed by atoms with Crippen molar-refractivity contribution >= 4 is 17.5 Å². The quantitative estimate of drug-likeness (QED) is 0.827. The number of halogens is 4. The van der Waals surface area contributed by atoms with Crippen LogP contribution < -0.4 is 5.32 Å². The third-order valence-corrected chi connectivity index (χ3v) is 3.50. The van der Waals surface area contributed by atoms with Crippen molar-refractivity contribution in [1.29, 1.82) is 0 Å². The molecule has 1 aliphatic carbocycles. The number of carbonyl (C=O) groups excluding carboxylic acids is 1. The maximum Gasteiger partial charge on any atom is 0.257 e. The summed E-state index contributed by atoms with van der Waals surface area (Å²) in [7, 11) is 0. The lowest BCUT2D eigenvalue weighted by molar-refractivity contribution is 0.0929. The minimum absolute atomic E-state index is 0.236. The number of nitrogens with one attached hydrogen (secondary N) is 1. The summed E-state index contributed by atoms with van der Waals surface area (Å²) >= 11 is 5.95. The molecule has 1 aromatic carbocycles. The molecule has 6 heteroatoms. The van der Waals surface area contributed by atoms with Gasteiger partial charge in [0, 0.05) is 18.2 Å². The average Bonchev–Trinajstić information content (AvgIpc) is 2.62. The molecule has 2 rings (SSSR count). The Kier molecular flexibility index (Phi) is 3.80. The Morgan fingerprint density at radius 2 is 1.83 bits per heavy atom. The van der Waals surface area contributed by atoms with Crippen LogP contribution in [0.5, 0.6) is 0 Å². The Bertz CT molecular complexity index is 457. The Labute approximate surface area is 107 Å². The minimum atomic E-state index is -1.21. The van der Waals surface area contributed by atoms with E-state index in [-0.39, 0.29) is 11.4 Å². The van der Waals surface area contributed by atoms with Gasteiger partial charge in [0.05, 0.1) is 5.38 Å². The Hall–Kier alpha value is -1.23. The third kappa shape index (κ3) is 2.61. The predicted molar refractivity (Wildman–Crippen MR) is 61.1 cm³/mol. The molecule has 1 fully saturated rings. The molecule has 0 bridgehead atoms. The highest BCUT2D eigenvalue weighted by molar-refractivity contribution is 6.21. The molecular weight excluding hydrogens is 267 g/mol. The van der Waals surface area contributed by atoms with Crippen molar-refractivity contribution in [1.82, 2.24) is 5.32 Å². The summed E-state index contributed by atoms with van der Waals surface area (Å²) in [6, 6.07) is 0.651. The van der Waals surface area contributed by atoms with E-state index in [0.29, 0.717) is 18.6 Å². The van der Waals surface area contributed by atoms with Crippen LogP contribution in [0.25, 0.3) is 0 Å². The number of benzene rings is 1. The van der Waals surface area contributed by atoms with E-state index >= 15 is 0 Å². The fraction of sp³-hybridized carbons (Fsp3) is 0.417. The zero-order valence-corrected chi connectivity index (χ0v) is 10.1. The maximum absolute atomic E-state index is 13.4. The van der Waals surface area contributed by atoms with Crippen molar-refractivity contribution in [3.63, 3.8) is 0 Å². The number of hydrogen-bond acceptors (Lipinski definition) is 1. The third-order valence-electron chi connectivity index (χ3n) is 2.98. The number of alkyl halides is 1. The van der Waals surface area contributed by atoms with Crippen molar-refractivity contribution in [2.45, 2.75) is 30.7 Å². The van der Waals surface area contributed by atoms with E-state index in [1.54, 1.807) is 0 Å². The average molecular weight is 278 g/mol. The number of amides is 1. The van der Waals surface area contributed by atoms with Crippen LogP contribution in [0.1, 0.15) is 29.6 Å². The summed E-state index contributed by atoms with van der Waals surface area (Å²) in [6.45, 7) is 0. The van der Waals surface area contributed by atoms with E-state index in [4.69, 9.17) is 11.6 Å². The van der Waals surface area contributed by atoms with Gasteiger partial charge in [0.15, 0.2) is 0 Å². The van der Waals surface area contributed by atoms with Gasteiger partial charge in [-0.25, -0.2) is 13.2 Å². The molecule has 2 unspecified atom stereocenters. The highest BCUT2D eigenvalue weighted by Crippen LogP contribution is 2.24. The van der Waals surface area contributed by atoms with Crippen molar-refractivity contribution in [2.75, 3.05) is 0 Å². The van der Waals surface area contributed by atoms with Crippen LogP contribution in [0.2, 0.25) is 0 Å². The molecule has 0 aromatic heterocycles. The molecule has 0 spiro atoms. The molecule has 1 aliphatic rings. The highest BCUT2D eigenvalue weighted by atomic mass is 35.5. The van der Waals surface area contributed by atoms with Crippen molar-refractivity contribution in [2.24, 2.45) is 0 Å². The molecule has 0 heterocycles. The number of carbonyl (C=O) groups is 1. The second kappa shape index (κ2) is 5.18. The van der Waals surface area contributed by atoms with Crippen molar-refractivity contribution < 1.29 is 18.0 Å². The Morgan fingerprint density at radius 1 is 1.22 bits per heavy atom. The molecule has 1 amide bonds. The van der Waals surface area contributed by atoms with Gasteiger partial charge in [0.1, 0.15) is 23.0 Å². The minimum Gasteiger partial charge on any atom is -0.348 e. The van der Waals surface area contributed by atoms with Gasteiger partial charge in [-0.15, -0.1) is 11.6 Å². The van der Waals surface area contributed by atoms with Gasteiger partial charge in [0.25, 0.3) is 5.91 Å². The Morgan fingerprint density at radius 3 is 2.33 bits per heavy atom. The Balaban J connectivity index is 2.19. The maximum atomic E-state index is 13.4. The van der Waals surface area contributed by atoms with E-state index in [1.165, 1.54) is 0 Å². The van der Waals surface area contributed by atoms with Crippen molar-refractivity contribution in [3.05, 3.63) is 35.1 Å². The highest BCUT2D eigenvalue weighted by Gasteiger charge is 2.29. The van der Waals surface area contributed by atoms with Gasteiger partial charge in [-0.2, -0.15) is 0 Å². The molecule has 1 N–H and O–H groups in total. The van der Waals surface area contributed by atoms with Gasteiger partial charge in [-0.1, -0.05) is 0 Å². The molecular formula is C12H11ClF3NO. The van der Waals surface area contributed by atoms with Crippen LogP contribution in [0.15, 0.2) is 12.1 Å². The summed E-state index contributed by atoms with van der Waals surface area (Å²) in [6.07, 6.45) is 2.28. The first-order chi connectivity index (χ1) is 8.49. The number of rotatable bonds is 2. The topological polar surface area (TPSA) is 29.1 Å². The molecule has 1 aromatic rings. The molecule has 0 aliphatic heterocycles. The molecule has 0 saturated heterocycles. The summed E-state index contributed by atoms with van der Waals surface area (Å²) in [5.41, 5.74) is -0.771. The van der Waals surface area contributed by atoms with E-state index in [1.807, 2.05) is 0 Å². The lowest BCUT2D eigenvalue weighted by Gasteiger charge is -2.16. The largest absolute Gasteiger partial charge is 0.348 e. The van der Waals surface area contributed by atoms with E-state index < -0.39 is 28.9 Å². The van der Waals surface area contributed by atoms with Crippen LogP contribution in [0, 0.1) is 17.5 Å². The SMILES string of the molecule is O=C(NC1CCCC1Cl)c1c(F)cc(F)cc1F. The van der Waals surface area contributed by atoms with Gasteiger partial charge in [-0.3, -0.25) is 4.79 Å². The van der Waals surface area contributed by atoms with E-state index in [2.05, 4.69) is 5.32 Å². The second-order valence-electron chi connectivity index (χ2n) is 4.27. The molecule has 2 nitrogen and oxygen atoms in total. The lowest BCUT2D eigenvalue weighted by Crippen LogP contribution is -2.38. The zero-order chi connectivity index (χ0) is 13.3. The molecule has 2 atom stereocenters. The standard InChI is InChI=1S/C12H11ClF3NO/c13-7-2-1-3-10(7)17-12(18)11-8(15)4-6(14)5-9(11)16/h4-5,7,10H,1-3H2,(H,17,18). The van der Waals surface area contributed by atoms with E-state index in [0.717, 1.165) is 12.8 Å². The second-order valence-corrected chi connectivity index (χ2v) is 4.83. The summed E-state index contributed by atoms with van der Waals surface area (Å²) in [5.74, 6) is -4.39. The van der Waals surface area contributed by atoms with Crippen molar-refractivity contribution in [3.8, 4) is 0 Å². The lowest BCUT2D eigenvalue weighted by atomic mass is 10.1. The normalized spacial score (nSPS) is 23.1. The van der Waals surface area contributed by atoms with Crippen LogP contribution >= 0.6 is 11.6 Å². The fourth-order valence-electron chi connectivity index (χ4n) is 2.08. The van der Waals surface area contributed by atoms with Gasteiger partial charge >= 0.3 is 0 Å². The zero-order valence-electron chi connectivity index (χ0n) is 9.35. The molecule has 0 radical (unpaired) electrons. The summed E-state index contributed by atoms with van der Waals surface area (Å²) in [4.78, 5) is 11.7. The van der Waals surface area contributed by atoms with Gasteiger partial charge < -0.3 is 5.32 Å². The molecule has 98 valence electrons. The van der Waals surface area contributed by atoms with Gasteiger partial charge in [-0.05, 0) is 19.3 Å². The first kappa shape index (κ1) is 13.2. The number of hydrogen-bond donors (Lipinski definition) is 1. The van der Waals surface area contributed by atoms with Crippen LogP contribution in [-0.4, -0.2) is 17.3 Å². The monoisotopic (exact) mass is 277 g/mol. The smallest absolute Gasteiger partial charge is 0.257 e. The van der Waals surface area contributed by atoms with Gasteiger partial charge in [0.2, 0.25) is 0 Å². The summed E-state index contributed by atoms with van der Waals surface area (Å²) < 4.78 is 39.4. The first-order valence-electron chi connectivity index (χ1n) is 5.58. The van der Waals surface area contributed by atoms with Crippen LogP contribution in [0.3, 0.4) is 0 Å². The van der Waals surface area contributed by atoms with Crippen LogP contribution in [0.4, 0.5) is 13.2 Å². The molecule has 18 heavy (non-hydrogen) atoms. The van der Waals surface area contributed by atoms with E-state index in [9.17, 15) is 18.0 Å². The van der Waals surface area contributed by atoms with Crippen LogP contribution in [-0.2, 0) is 0 Å². The fourth-order valence-corrected chi connectivity index (χ4v) is 2.42. The first-order valence-corrected chi connectivity index (χ1v) is 6.02.